The monoisotopic (exact) mass is 409 g/mol. The van der Waals surface area contributed by atoms with E-state index in [9.17, 15) is 0 Å². The van der Waals surface area contributed by atoms with E-state index in [1.54, 1.807) is 12.4 Å². The van der Waals surface area contributed by atoms with E-state index in [2.05, 4.69) is 60.4 Å². The molecule has 22 heavy (non-hydrogen) atoms. The Morgan fingerprint density at radius 1 is 0.591 bits per heavy atom. The van der Waals surface area contributed by atoms with Crippen molar-refractivity contribution in [2.45, 2.75) is 78.0 Å². The molecule has 135 valence electrons. The molecule has 0 unspecified atom stereocenters. The Kier molecular flexibility index (Phi) is 30.4. The van der Waals surface area contributed by atoms with Crippen LogP contribution in [0.4, 0.5) is 0 Å². The SMILES string of the molecule is CC(C)PC(C)C.CC(C)PC(C)C.[Cl-].[Co].c1ccncc1. The van der Waals surface area contributed by atoms with Crippen LogP contribution in [0.25, 0.3) is 0 Å². The van der Waals surface area contributed by atoms with E-state index in [-0.39, 0.29) is 29.2 Å². The fraction of sp³-hybridized carbons (Fsp3) is 0.706. The van der Waals surface area contributed by atoms with Crippen LogP contribution in [0, 0.1) is 0 Å². The predicted octanol–water partition coefficient (Wildman–Crippen LogP) is 3.05. The molecule has 0 saturated heterocycles. The Balaban J connectivity index is -0.000000106. The number of rotatable bonds is 4. The Labute approximate surface area is 159 Å². The molecule has 1 radical (unpaired) electrons. The van der Waals surface area contributed by atoms with Gasteiger partial charge in [-0.15, -0.1) is 17.2 Å². The Hall–Kier alpha value is 0.806. The van der Waals surface area contributed by atoms with Crippen molar-refractivity contribution in [3.05, 3.63) is 30.6 Å². The van der Waals surface area contributed by atoms with Gasteiger partial charge in [0.05, 0.1) is 0 Å². The topological polar surface area (TPSA) is 12.9 Å². The molecule has 0 N–H and O–H groups in total. The zero-order chi connectivity index (χ0) is 16.0. The van der Waals surface area contributed by atoms with E-state index < -0.39 is 0 Å². The minimum Gasteiger partial charge on any atom is -1.00 e. The van der Waals surface area contributed by atoms with E-state index in [1.165, 1.54) is 0 Å². The molecule has 0 fully saturated rings. The first-order valence-corrected chi connectivity index (χ1v) is 9.93. The van der Waals surface area contributed by atoms with E-state index >= 15 is 0 Å². The molecule has 1 nitrogen and oxygen atoms in total. The predicted molar refractivity (Wildman–Crippen MR) is 101 cm³/mol. The molecule has 0 amide bonds. The summed E-state index contributed by atoms with van der Waals surface area (Å²) in [6, 6.07) is 5.72. The maximum Gasteiger partial charge on any atom is 0.0267 e. The quantitative estimate of drug-likeness (QED) is 0.697. The largest absolute Gasteiger partial charge is 1.00 e. The minimum atomic E-state index is 0. The smallest absolute Gasteiger partial charge is 0.0267 e. The average Bonchev–Trinajstić information content (AvgIpc) is 2.29. The Morgan fingerprint density at radius 2 is 0.864 bits per heavy atom. The zero-order valence-electron chi connectivity index (χ0n) is 15.4. The van der Waals surface area contributed by atoms with Crippen LogP contribution in [-0.2, 0) is 16.8 Å². The van der Waals surface area contributed by atoms with Gasteiger partial charge in [0.15, 0.2) is 0 Å². The molecule has 1 rings (SSSR count). The van der Waals surface area contributed by atoms with Crippen LogP contribution < -0.4 is 12.4 Å². The summed E-state index contributed by atoms with van der Waals surface area (Å²) >= 11 is 0. The van der Waals surface area contributed by atoms with Gasteiger partial charge >= 0.3 is 0 Å². The summed E-state index contributed by atoms with van der Waals surface area (Å²) < 4.78 is 0. The van der Waals surface area contributed by atoms with Crippen molar-refractivity contribution in [3.63, 3.8) is 0 Å². The molecule has 0 saturated carbocycles. The number of nitrogens with zero attached hydrogens (tertiary/aromatic N) is 1. The van der Waals surface area contributed by atoms with Gasteiger partial charge in [-0.2, -0.15) is 0 Å². The summed E-state index contributed by atoms with van der Waals surface area (Å²) in [5.74, 6) is 0. The van der Waals surface area contributed by atoms with Crippen LogP contribution in [0.2, 0.25) is 0 Å². The standard InChI is InChI=1S/2C6H15P.C5H5N.ClH.Co/c2*1-5(2)7-6(3)4;1-2-4-6-5-3-1;;/h2*5-7H,1-4H3;1-5H;1H;/p-1. The number of halogens is 1. The fourth-order valence-electron chi connectivity index (χ4n) is 1.65. The molecule has 0 spiro atoms. The molecule has 0 aliphatic heterocycles. The molecule has 0 aliphatic rings. The van der Waals surface area contributed by atoms with Gasteiger partial charge in [0.25, 0.3) is 0 Å². The van der Waals surface area contributed by atoms with Crippen LogP contribution in [-0.4, -0.2) is 27.6 Å². The first-order valence-electron chi connectivity index (χ1n) is 7.62. The van der Waals surface area contributed by atoms with Gasteiger partial charge in [-0.1, -0.05) is 61.5 Å². The van der Waals surface area contributed by atoms with Gasteiger partial charge in [0, 0.05) is 29.2 Å². The van der Waals surface area contributed by atoms with Gasteiger partial charge in [0.2, 0.25) is 0 Å². The fourth-order valence-corrected chi connectivity index (χ4v) is 4.31. The second kappa shape index (κ2) is 21.8. The Morgan fingerprint density at radius 3 is 0.909 bits per heavy atom. The second-order valence-corrected chi connectivity index (χ2v) is 11.3. The van der Waals surface area contributed by atoms with Crippen molar-refractivity contribution < 1.29 is 29.2 Å². The number of aromatic nitrogens is 1. The van der Waals surface area contributed by atoms with Crippen molar-refractivity contribution in [1.82, 2.24) is 4.98 Å². The van der Waals surface area contributed by atoms with Crippen LogP contribution in [0.15, 0.2) is 30.6 Å². The first kappa shape index (κ1) is 30.7. The van der Waals surface area contributed by atoms with Gasteiger partial charge < -0.3 is 12.4 Å². The van der Waals surface area contributed by atoms with Crippen LogP contribution in [0.5, 0.6) is 0 Å². The van der Waals surface area contributed by atoms with Crippen molar-refractivity contribution in [3.8, 4) is 0 Å². The third-order valence-electron chi connectivity index (χ3n) is 1.90. The molecular weight excluding hydrogens is 375 g/mol. The zero-order valence-corrected chi connectivity index (χ0v) is 19.2. The van der Waals surface area contributed by atoms with Gasteiger partial charge in [-0.25, -0.2) is 0 Å². The van der Waals surface area contributed by atoms with Gasteiger partial charge in [-0.3, -0.25) is 4.98 Å². The summed E-state index contributed by atoms with van der Waals surface area (Å²) in [5, 5.41) is 0. The van der Waals surface area contributed by atoms with E-state index in [4.69, 9.17) is 0 Å². The summed E-state index contributed by atoms with van der Waals surface area (Å²) in [7, 11) is 2.29. The molecule has 1 heterocycles. The summed E-state index contributed by atoms with van der Waals surface area (Å²) in [4.78, 5) is 3.78. The maximum atomic E-state index is 3.78. The van der Waals surface area contributed by atoms with E-state index in [1.807, 2.05) is 18.2 Å². The molecule has 1 aromatic heterocycles. The maximum absolute atomic E-state index is 3.78. The summed E-state index contributed by atoms with van der Waals surface area (Å²) in [6.07, 6.45) is 3.50. The molecule has 0 bridgehead atoms. The van der Waals surface area contributed by atoms with Gasteiger partial charge in [0.1, 0.15) is 0 Å². The minimum absolute atomic E-state index is 0. The molecule has 1 aromatic rings. The van der Waals surface area contributed by atoms with E-state index in [0.29, 0.717) is 0 Å². The number of hydrogen-bond donors (Lipinski definition) is 0. The van der Waals surface area contributed by atoms with E-state index in [0.717, 1.165) is 39.8 Å². The number of pyridine rings is 1. The first-order chi connectivity index (χ1) is 9.25. The third kappa shape index (κ3) is 37.2. The van der Waals surface area contributed by atoms with Crippen LogP contribution >= 0.6 is 17.2 Å². The summed E-state index contributed by atoms with van der Waals surface area (Å²) in [5.41, 5.74) is 3.61. The van der Waals surface area contributed by atoms with Crippen LogP contribution in [0.3, 0.4) is 0 Å². The molecular formula is C17H35ClCoNP2-. The van der Waals surface area contributed by atoms with Crippen LogP contribution in [0.1, 0.15) is 55.4 Å². The van der Waals surface area contributed by atoms with Crippen molar-refractivity contribution in [1.29, 1.82) is 0 Å². The third-order valence-corrected chi connectivity index (χ3v) is 4.57. The van der Waals surface area contributed by atoms with Crippen molar-refractivity contribution in [2.24, 2.45) is 0 Å². The summed E-state index contributed by atoms with van der Waals surface area (Å²) in [6.45, 7) is 18.2. The molecule has 5 heteroatoms. The normalized spacial score (nSPS) is 9.27. The Bertz CT molecular complexity index is 231. The van der Waals surface area contributed by atoms with Gasteiger partial charge in [-0.05, 0) is 34.8 Å². The average molecular weight is 410 g/mol. The molecule has 0 aliphatic carbocycles. The van der Waals surface area contributed by atoms with Crippen molar-refractivity contribution in [2.75, 3.05) is 0 Å². The second-order valence-electron chi connectivity index (χ2n) is 5.98. The van der Waals surface area contributed by atoms with Crippen molar-refractivity contribution >= 4 is 17.2 Å². The molecule has 0 atom stereocenters. The number of hydrogen-bond acceptors (Lipinski definition) is 1. The molecule has 0 aromatic carbocycles.